The maximum Gasteiger partial charge on any atom is 0.340 e. The predicted octanol–water partition coefficient (Wildman–Crippen LogP) is 3.98. The number of allylic oxidation sites excluding steroid dienone is 1. The number of aryl methyl sites for hydroxylation is 1. The number of esters is 1. The number of H-pyrrole nitrogens is 1. The lowest BCUT2D eigenvalue weighted by Gasteiger charge is -2.02. The van der Waals surface area contributed by atoms with Gasteiger partial charge >= 0.3 is 5.97 Å². The molecule has 0 atom stereocenters. The van der Waals surface area contributed by atoms with E-state index in [1.807, 2.05) is 0 Å². The van der Waals surface area contributed by atoms with Crippen LogP contribution in [0.5, 0.6) is 0 Å². The highest BCUT2D eigenvalue weighted by atomic mass is 19.1. The summed E-state index contributed by atoms with van der Waals surface area (Å²) >= 11 is 0. The molecule has 1 N–H and O–H groups in total. The molecule has 0 amide bonds. The normalized spacial score (nSPS) is 11.0. The van der Waals surface area contributed by atoms with Crippen molar-refractivity contribution in [2.24, 2.45) is 0 Å². The summed E-state index contributed by atoms with van der Waals surface area (Å²) in [5.74, 6) is -2.53. The minimum atomic E-state index is -0.759. The van der Waals surface area contributed by atoms with E-state index in [0.717, 1.165) is 24.3 Å². The summed E-state index contributed by atoms with van der Waals surface area (Å²) in [6.45, 7) is 5.17. The van der Waals surface area contributed by atoms with E-state index in [-0.39, 0.29) is 17.9 Å². The number of hydrogen-bond donors (Lipinski definition) is 1. The third-order valence-electron chi connectivity index (χ3n) is 3.56. The van der Waals surface area contributed by atoms with Gasteiger partial charge in [-0.15, -0.1) is 0 Å². The van der Waals surface area contributed by atoms with Crippen molar-refractivity contribution >= 4 is 17.8 Å². The zero-order chi connectivity index (χ0) is 17.9. The fourth-order valence-electron chi connectivity index (χ4n) is 2.42. The zero-order valence-electron chi connectivity index (χ0n) is 13.6. The molecule has 0 aliphatic carbocycles. The molecule has 2 aromatic rings. The minimum Gasteiger partial charge on any atom is -0.462 e. The number of benzene rings is 1. The third-order valence-corrected chi connectivity index (χ3v) is 3.56. The molecule has 1 heterocycles. The maximum atomic E-state index is 13.6. The number of rotatable bonds is 5. The molecule has 0 unspecified atom stereocenters. The van der Waals surface area contributed by atoms with Crippen LogP contribution in [0, 0.1) is 25.5 Å². The number of aromatic amines is 1. The molecule has 1 aromatic heterocycles. The summed E-state index contributed by atoms with van der Waals surface area (Å²) < 4.78 is 32.1. The van der Waals surface area contributed by atoms with Gasteiger partial charge in [0.05, 0.1) is 17.9 Å². The second-order valence-electron chi connectivity index (χ2n) is 5.18. The number of halogens is 2. The van der Waals surface area contributed by atoms with Crippen molar-refractivity contribution in [1.82, 2.24) is 4.98 Å². The lowest BCUT2D eigenvalue weighted by Crippen LogP contribution is -2.07. The first-order chi connectivity index (χ1) is 11.4. The molecule has 24 heavy (non-hydrogen) atoms. The number of hydrogen-bond acceptors (Lipinski definition) is 3. The third kappa shape index (κ3) is 3.42. The summed E-state index contributed by atoms with van der Waals surface area (Å²) in [6, 6.07) is 3.46. The quantitative estimate of drug-likeness (QED) is 0.511. The second kappa shape index (κ2) is 7.21. The number of ketones is 1. The van der Waals surface area contributed by atoms with Crippen LogP contribution in [0.15, 0.2) is 24.3 Å². The Morgan fingerprint density at radius 3 is 2.42 bits per heavy atom. The van der Waals surface area contributed by atoms with Gasteiger partial charge in [-0.1, -0.05) is 6.07 Å². The Morgan fingerprint density at radius 1 is 1.21 bits per heavy atom. The largest absolute Gasteiger partial charge is 0.462 e. The first-order valence-corrected chi connectivity index (χ1v) is 7.39. The standard InChI is InChI=1S/C18H17F2NO3/c1-4-24-18(23)16-10(2)17(21-11(16)3)15(22)9-8-12-13(19)6-5-7-14(12)20/h5-9,21H,4H2,1-3H3/b9-8+. The van der Waals surface area contributed by atoms with Gasteiger partial charge in [-0.25, -0.2) is 13.6 Å². The summed E-state index contributed by atoms with van der Waals surface area (Å²) in [4.78, 5) is 27.0. The van der Waals surface area contributed by atoms with Crippen LogP contribution in [-0.4, -0.2) is 23.3 Å². The molecule has 2 rings (SSSR count). The van der Waals surface area contributed by atoms with Crippen LogP contribution in [0.25, 0.3) is 6.08 Å². The Kier molecular flexibility index (Phi) is 5.28. The van der Waals surface area contributed by atoms with Crippen molar-refractivity contribution < 1.29 is 23.1 Å². The molecule has 0 aliphatic rings. The second-order valence-corrected chi connectivity index (χ2v) is 5.18. The molecule has 0 radical (unpaired) electrons. The molecule has 0 aliphatic heterocycles. The van der Waals surface area contributed by atoms with Crippen molar-refractivity contribution in [2.45, 2.75) is 20.8 Å². The Labute approximate surface area is 138 Å². The lowest BCUT2D eigenvalue weighted by atomic mass is 10.1. The van der Waals surface area contributed by atoms with Crippen LogP contribution < -0.4 is 0 Å². The van der Waals surface area contributed by atoms with Crippen LogP contribution in [0.4, 0.5) is 8.78 Å². The summed E-state index contributed by atoms with van der Waals surface area (Å²) in [5, 5.41) is 0. The number of aromatic nitrogens is 1. The van der Waals surface area contributed by atoms with Gasteiger partial charge in [-0.05, 0) is 50.6 Å². The van der Waals surface area contributed by atoms with Crippen LogP contribution in [0.3, 0.4) is 0 Å². The molecule has 1 aromatic carbocycles. The highest BCUT2D eigenvalue weighted by Gasteiger charge is 2.21. The van der Waals surface area contributed by atoms with Crippen LogP contribution in [0.2, 0.25) is 0 Å². The topological polar surface area (TPSA) is 59.2 Å². The molecule has 0 fully saturated rings. The van der Waals surface area contributed by atoms with E-state index in [2.05, 4.69) is 4.98 Å². The fourth-order valence-corrected chi connectivity index (χ4v) is 2.42. The Bertz CT molecular complexity index is 802. The van der Waals surface area contributed by atoms with E-state index < -0.39 is 23.4 Å². The van der Waals surface area contributed by atoms with Gasteiger partial charge in [-0.2, -0.15) is 0 Å². The molecule has 0 saturated carbocycles. The first kappa shape index (κ1) is 17.6. The Balaban J connectivity index is 2.33. The van der Waals surface area contributed by atoms with Crippen LogP contribution in [0.1, 0.15) is 44.6 Å². The van der Waals surface area contributed by atoms with E-state index >= 15 is 0 Å². The van der Waals surface area contributed by atoms with Gasteiger partial charge in [0.2, 0.25) is 5.78 Å². The average molecular weight is 333 g/mol. The molecule has 0 saturated heterocycles. The number of ether oxygens (including phenoxy) is 1. The molecular formula is C18H17F2NO3. The van der Waals surface area contributed by atoms with E-state index in [9.17, 15) is 18.4 Å². The molecule has 6 heteroatoms. The predicted molar refractivity (Wildman–Crippen MR) is 85.9 cm³/mol. The monoisotopic (exact) mass is 333 g/mol. The van der Waals surface area contributed by atoms with E-state index in [0.29, 0.717) is 16.8 Å². The maximum absolute atomic E-state index is 13.6. The van der Waals surface area contributed by atoms with Gasteiger partial charge in [0.25, 0.3) is 0 Å². The molecule has 4 nitrogen and oxygen atoms in total. The number of nitrogens with one attached hydrogen (secondary N) is 1. The van der Waals surface area contributed by atoms with Gasteiger partial charge in [0.1, 0.15) is 11.6 Å². The van der Waals surface area contributed by atoms with Crippen molar-refractivity contribution in [3.8, 4) is 0 Å². The molecule has 0 bridgehead atoms. The van der Waals surface area contributed by atoms with Crippen LogP contribution >= 0.6 is 0 Å². The van der Waals surface area contributed by atoms with Crippen molar-refractivity contribution in [3.05, 3.63) is 64.0 Å². The smallest absolute Gasteiger partial charge is 0.340 e. The first-order valence-electron chi connectivity index (χ1n) is 7.39. The zero-order valence-corrected chi connectivity index (χ0v) is 13.6. The molecular weight excluding hydrogens is 316 g/mol. The van der Waals surface area contributed by atoms with Crippen LogP contribution in [-0.2, 0) is 4.74 Å². The Hall–Kier alpha value is -2.76. The van der Waals surface area contributed by atoms with E-state index in [1.165, 1.54) is 6.07 Å². The van der Waals surface area contributed by atoms with Gasteiger partial charge < -0.3 is 9.72 Å². The number of carbonyl (C=O) groups excluding carboxylic acids is 2. The SMILES string of the molecule is CCOC(=O)c1c(C)[nH]c(C(=O)/C=C/c2c(F)cccc2F)c1C. The van der Waals surface area contributed by atoms with Crippen molar-refractivity contribution in [1.29, 1.82) is 0 Å². The van der Waals surface area contributed by atoms with E-state index in [1.54, 1.807) is 20.8 Å². The van der Waals surface area contributed by atoms with Gasteiger partial charge in [-0.3, -0.25) is 4.79 Å². The summed E-state index contributed by atoms with van der Waals surface area (Å²) in [7, 11) is 0. The molecule has 126 valence electrons. The summed E-state index contributed by atoms with van der Waals surface area (Å²) in [5.41, 5.74) is 1.13. The highest BCUT2D eigenvalue weighted by Crippen LogP contribution is 2.21. The van der Waals surface area contributed by atoms with Crippen molar-refractivity contribution in [2.75, 3.05) is 6.61 Å². The fraction of sp³-hybridized carbons (Fsp3) is 0.222. The van der Waals surface area contributed by atoms with E-state index in [4.69, 9.17) is 4.74 Å². The highest BCUT2D eigenvalue weighted by molar-refractivity contribution is 6.08. The van der Waals surface area contributed by atoms with Crippen molar-refractivity contribution in [3.63, 3.8) is 0 Å². The average Bonchev–Trinajstić information content (AvgIpc) is 2.81. The Morgan fingerprint density at radius 2 is 1.83 bits per heavy atom. The lowest BCUT2D eigenvalue weighted by molar-refractivity contribution is 0.0525. The summed E-state index contributed by atoms with van der Waals surface area (Å²) in [6.07, 6.45) is 2.14. The van der Waals surface area contributed by atoms with Gasteiger partial charge in [0.15, 0.2) is 0 Å². The van der Waals surface area contributed by atoms with Gasteiger partial charge in [0, 0.05) is 11.3 Å². The minimum absolute atomic E-state index is 0.184. The molecule has 0 spiro atoms. The number of carbonyl (C=O) groups is 2.